The first-order valence-corrected chi connectivity index (χ1v) is 5.35. The Kier molecular flexibility index (Phi) is 3.45. The normalized spacial score (nSPS) is 11.7. The molecule has 1 nitrogen and oxygen atoms in total. The van der Waals surface area contributed by atoms with E-state index in [1.54, 1.807) is 0 Å². The Morgan fingerprint density at radius 1 is 0.947 bits per heavy atom. The molecule has 0 aliphatic heterocycles. The number of alkyl halides is 3. The van der Waals surface area contributed by atoms with Crippen LogP contribution in [0.25, 0.3) is 11.3 Å². The summed E-state index contributed by atoms with van der Waals surface area (Å²) in [7, 11) is 0. The van der Waals surface area contributed by atoms with Crippen LogP contribution in [0.2, 0.25) is 5.15 Å². The summed E-state index contributed by atoms with van der Waals surface area (Å²) < 4.78 is 63.6. The second kappa shape index (κ2) is 4.77. The average molecular weight is 294 g/mol. The Hall–Kier alpha value is -1.69. The van der Waals surface area contributed by atoms with Crippen LogP contribution in [0.4, 0.5) is 22.0 Å². The van der Waals surface area contributed by atoms with Crippen molar-refractivity contribution in [3.8, 4) is 11.3 Å². The van der Waals surface area contributed by atoms with Crippen LogP contribution in [0.1, 0.15) is 5.56 Å². The minimum Gasteiger partial charge on any atom is -0.236 e. The molecular weight excluding hydrogens is 289 g/mol. The fourth-order valence-corrected chi connectivity index (χ4v) is 1.67. The molecule has 0 aliphatic carbocycles. The topological polar surface area (TPSA) is 12.9 Å². The first kappa shape index (κ1) is 13.7. The van der Waals surface area contributed by atoms with Gasteiger partial charge in [0.1, 0.15) is 5.15 Å². The Labute approximate surface area is 109 Å². The van der Waals surface area contributed by atoms with Gasteiger partial charge in [0.25, 0.3) is 0 Å². The number of rotatable bonds is 1. The Balaban J connectivity index is 2.56. The molecule has 0 spiro atoms. The standard InChI is InChI=1S/C12H5ClF5N/c13-11-5-7(12(16,17)18)4-10(19-11)6-1-2-8(14)9(15)3-6/h1-5H. The van der Waals surface area contributed by atoms with Gasteiger partial charge in [-0.25, -0.2) is 13.8 Å². The Morgan fingerprint density at radius 3 is 2.21 bits per heavy atom. The quantitative estimate of drug-likeness (QED) is 0.548. The van der Waals surface area contributed by atoms with Gasteiger partial charge in [-0.05, 0) is 30.3 Å². The van der Waals surface area contributed by atoms with Crippen molar-refractivity contribution in [3.63, 3.8) is 0 Å². The third-order valence-electron chi connectivity index (χ3n) is 2.34. The lowest BCUT2D eigenvalue weighted by molar-refractivity contribution is -0.137. The number of aromatic nitrogens is 1. The molecule has 1 aromatic heterocycles. The molecular formula is C12H5ClF5N. The molecule has 0 bridgehead atoms. The van der Waals surface area contributed by atoms with Crippen LogP contribution in [0.5, 0.6) is 0 Å². The van der Waals surface area contributed by atoms with E-state index in [-0.39, 0.29) is 16.4 Å². The summed E-state index contributed by atoms with van der Waals surface area (Å²) >= 11 is 5.50. The first-order chi connectivity index (χ1) is 8.77. The number of halogens is 6. The van der Waals surface area contributed by atoms with Crippen molar-refractivity contribution in [1.29, 1.82) is 0 Å². The third kappa shape index (κ3) is 3.01. The van der Waals surface area contributed by atoms with Gasteiger partial charge >= 0.3 is 6.18 Å². The fraction of sp³-hybridized carbons (Fsp3) is 0.0833. The highest BCUT2D eigenvalue weighted by Crippen LogP contribution is 2.33. The maximum Gasteiger partial charge on any atom is 0.416 e. The molecule has 2 aromatic rings. The zero-order valence-corrected chi connectivity index (χ0v) is 9.86. The predicted molar refractivity (Wildman–Crippen MR) is 59.6 cm³/mol. The van der Waals surface area contributed by atoms with Gasteiger partial charge in [-0.1, -0.05) is 11.6 Å². The van der Waals surface area contributed by atoms with E-state index in [1.165, 1.54) is 0 Å². The summed E-state index contributed by atoms with van der Waals surface area (Å²) in [4.78, 5) is 3.66. The highest BCUT2D eigenvalue weighted by molar-refractivity contribution is 6.29. The molecule has 1 heterocycles. The monoisotopic (exact) mass is 293 g/mol. The van der Waals surface area contributed by atoms with E-state index in [0.717, 1.165) is 24.3 Å². The van der Waals surface area contributed by atoms with Crippen LogP contribution in [0, 0.1) is 11.6 Å². The van der Waals surface area contributed by atoms with Crippen molar-refractivity contribution in [1.82, 2.24) is 4.98 Å². The molecule has 0 atom stereocenters. The summed E-state index contributed by atoms with van der Waals surface area (Å²) in [5.74, 6) is -2.27. The van der Waals surface area contributed by atoms with Crippen molar-refractivity contribution in [3.05, 3.63) is 52.7 Å². The minimum atomic E-state index is -4.60. The van der Waals surface area contributed by atoms with Crippen LogP contribution in [0.15, 0.2) is 30.3 Å². The molecule has 100 valence electrons. The van der Waals surface area contributed by atoms with Crippen molar-refractivity contribution in [2.75, 3.05) is 0 Å². The Morgan fingerprint density at radius 2 is 1.63 bits per heavy atom. The molecule has 0 unspecified atom stereocenters. The minimum absolute atomic E-state index is 0.00639. The lowest BCUT2D eigenvalue weighted by atomic mass is 10.1. The van der Waals surface area contributed by atoms with Gasteiger partial charge in [0.05, 0.1) is 11.3 Å². The van der Waals surface area contributed by atoms with E-state index < -0.39 is 23.4 Å². The Bertz CT molecular complexity index is 624. The zero-order chi connectivity index (χ0) is 14.2. The molecule has 0 amide bonds. The van der Waals surface area contributed by atoms with E-state index in [1.807, 2.05) is 0 Å². The number of nitrogens with zero attached hydrogens (tertiary/aromatic N) is 1. The van der Waals surface area contributed by atoms with Gasteiger partial charge in [0, 0.05) is 5.56 Å². The lowest BCUT2D eigenvalue weighted by Crippen LogP contribution is -2.06. The second-order valence-corrected chi connectivity index (χ2v) is 4.08. The van der Waals surface area contributed by atoms with Crippen LogP contribution in [0.3, 0.4) is 0 Å². The molecule has 0 saturated heterocycles. The van der Waals surface area contributed by atoms with E-state index in [9.17, 15) is 22.0 Å². The van der Waals surface area contributed by atoms with Gasteiger partial charge in [-0.15, -0.1) is 0 Å². The summed E-state index contributed by atoms with van der Waals surface area (Å²) in [6.07, 6.45) is -4.60. The summed E-state index contributed by atoms with van der Waals surface area (Å²) in [6.45, 7) is 0. The van der Waals surface area contributed by atoms with E-state index in [4.69, 9.17) is 11.6 Å². The highest BCUT2D eigenvalue weighted by atomic mass is 35.5. The maximum absolute atomic E-state index is 13.0. The molecule has 0 saturated carbocycles. The maximum atomic E-state index is 13.0. The molecule has 0 fully saturated rings. The molecule has 0 radical (unpaired) electrons. The second-order valence-electron chi connectivity index (χ2n) is 3.69. The van der Waals surface area contributed by atoms with Crippen molar-refractivity contribution >= 4 is 11.6 Å². The largest absolute Gasteiger partial charge is 0.416 e. The molecule has 1 aromatic carbocycles. The van der Waals surface area contributed by atoms with Gasteiger partial charge in [0.2, 0.25) is 0 Å². The number of benzene rings is 1. The van der Waals surface area contributed by atoms with Crippen molar-refractivity contribution < 1.29 is 22.0 Å². The molecule has 7 heteroatoms. The third-order valence-corrected chi connectivity index (χ3v) is 2.53. The first-order valence-electron chi connectivity index (χ1n) is 4.97. The van der Waals surface area contributed by atoms with Crippen LogP contribution < -0.4 is 0 Å². The van der Waals surface area contributed by atoms with Gasteiger partial charge in [0.15, 0.2) is 11.6 Å². The number of hydrogen-bond acceptors (Lipinski definition) is 1. The van der Waals surface area contributed by atoms with Crippen LogP contribution in [-0.2, 0) is 6.18 Å². The van der Waals surface area contributed by atoms with Crippen LogP contribution >= 0.6 is 11.6 Å². The molecule has 0 N–H and O–H groups in total. The van der Waals surface area contributed by atoms with Gasteiger partial charge in [-0.3, -0.25) is 0 Å². The highest BCUT2D eigenvalue weighted by Gasteiger charge is 2.31. The zero-order valence-electron chi connectivity index (χ0n) is 9.10. The molecule has 19 heavy (non-hydrogen) atoms. The molecule has 0 aliphatic rings. The summed E-state index contributed by atoms with van der Waals surface area (Å²) in [5, 5.41) is -0.380. The van der Waals surface area contributed by atoms with E-state index in [2.05, 4.69) is 4.98 Å². The summed E-state index contributed by atoms with van der Waals surface area (Å²) in [6, 6.07) is 4.06. The smallest absolute Gasteiger partial charge is 0.236 e. The fourth-order valence-electron chi connectivity index (χ4n) is 1.46. The summed E-state index contributed by atoms with van der Waals surface area (Å²) in [5.41, 5.74) is -1.18. The predicted octanol–water partition coefficient (Wildman–Crippen LogP) is 4.70. The molecule has 2 rings (SSSR count). The van der Waals surface area contributed by atoms with Gasteiger partial charge < -0.3 is 0 Å². The number of hydrogen-bond donors (Lipinski definition) is 0. The lowest BCUT2D eigenvalue weighted by Gasteiger charge is -2.09. The SMILES string of the molecule is Fc1ccc(-c2cc(C(F)(F)F)cc(Cl)n2)cc1F. The average Bonchev–Trinajstić information content (AvgIpc) is 2.31. The van der Waals surface area contributed by atoms with Gasteiger partial charge in [-0.2, -0.15) is 13.2 Å². The number of pyridine rings is 1. The van der Waals surface area contributed by atoms with Crippen LogP contribution in [-0.4, -0.2) is 4.98 Å². The van der Waals surface area contributed by atoms with E-state index in [0.29, 0.717) is 6.07 Å². The van der Waals surface area contributed by atoms with Crippen molar-refractivity contribution in [2.45, 2.75) is 6.18 Å². The van der Waals surface area contributed by atoms with E-state index >= 15 is 0 Å². The van der Waals surface area contributed by atoms with Crippen molar-refractivity contribution in [2.24, 2.45) is 0 Å².